The minimum absolute atomic E-state index is 0.179. The van der Waals surface area contributed by atoms with E-state index >= 15 is 0 Å². The molecule has 0 heterocycles. The van der Waals surface area contributed by atoms with Crippen LogP contribution in [0.4, 0.5) is 5.69 Å². The lowest BCUT2D eigenvalue weighted by molar-refractivity contribution is 0.0774. The number of nitrogens with zero attached hydrogens (tertiary/aromatic N) is 1. The van der Waals surface area contributed by atoms with Crippen molar-refractivity contribution in [2.45, 2.75) is 20.3 Å². The fourth-order valence-corrected chi connectivity index (χ4v) is 1.84. The molecule has 0 fully saturated rings. The van der Waals surface area contributed by atoms with Crippen LogP contribution < -0.4 is 10.5 Å². The van der Waals surface area contributed by atoms with Crippen LogP contribution in [0.3, 0.4) is 0 Å². The highest BCUT2D eigenvalue weighted by Crippen LogP contribution is 2.26. The second-order valence-corrected chi connectivity index (χ2v) is 4.08. The number of nitrogen functional groups attached to an aromatic ring is 1. The van der Waals surface area contributed by atoms with Crippen LogP contribution in [0.1, 0.15) is 30.6 Å². The number of terminal acetylenes is 1. The summed E-state index contributed by atoms with van der Waals surface area (Å²) < 4.78 is 5.47. The number of hydrogen-bond acceptors (Lipinski definition) is 3. The Kier molecular flexibility index (Phi) is 5.74. The van der Waals surface area contributed by atoms with Crippen molar-refractivity contribution in [3.63, 3.8) is 0 Å². The SMILES string of the molecule is C#CCN(CCC)C(=O)c1c(N)cccc1OCC. The number of nitrogens with two attached hydrogens (primary N) is 1. The smallest absolute Gasteiger partial charge is 0.260 e. The molecular formula is C15H20N2O2. The number of benzene rings is 1. The van der Waals surface area contributed by atoms with E-state index in [1.54, 1.807) is 23.1 Å². The van der Waals surface area contributed by atoms with Crippen molar-refractivity contribution in [1.29, 1.82) is 0 Å². The standard InChI is InChI=1S/C15H20N2O2/c1-4-10-17(11-5-2)15(18)14-12(16)8-7-9-13(14)19-6-3/h1,7-9H,5-6,10-11,16H2,2-3H3. The Morgan fingerprint density at radius 3 is 2.79 bits per heavy atom. The fourth-order valence-electron chi connectivity index (χ4n) is 1.84. The van der Waals surface area contributed by atoms with Gasteiger partial charge in [-0.05, 0) is 25.5 Å². The van der Waals surface area contributed by atoms with E-state index in [9.17, 15) is 4.79 Å². The van der Waals surface area contributed by atoms with Crippen molar-refractivity contribution in [1.82, 2.24) is 4.90 Å². The van der Waals surface area contributed by atoms with Gasteiger partial charge >= 0.3 is 0 Å². The predicted molar refractivity (Wildman–Crippen MR) is 77.1 cm³/mol. The molecule has 0 radical (unpaired) electrons. The maximum atomic E-state index is 12.5. The molecule has 0 aromatic heterocycles. The lowest BCUT2D eigenvalue weighted by Gasteiger charge is -2.21. The van der Waals surface area contributed by atoms with Gasteiger partial charge in [0.25, 0.3) is 5.91 Å². The zero-order valence-electron chi connectivity index (χ0n) is 11.5. The highest BCUT2D eigenvalue weighted by molar-refractivity contribution is 6.02. The molecule has 1 aromatic carbocycles. The lowest BCUT2D eigenvalue weighted by atomic mass is 10.1. The Bertz CT molecular complexity index is 478. The first kappa shape index (κ1) is 14.9. The predicted octanol–water partition coefficient (Wildman–Crippen LogP) is 2.15. The van der Waals surface area contributed by atoms with E-state index in [0.29, 0.717) is 30.2 Å². The second kappa shape index (κ2) is 7.32. The average molecular weight is 260 g/mol. The summed E-state index contributed by atoms with van der Waals surface area (Å²) in [7, 11) is 0. The summed E-state index contributed by atoms with van der Waals surface area (Å²) in [5.74, 6) is 2.82. The van der Waals surface area contributed by atoms with Gasteiger partial charge in [0.15, 0.2) is 0 Å². The molecule has 4 heteroatoms. The maximum Gasteiger partial charge on any atom is 0.260 e. The molecule has 0 aliphatic rings. The second-order valence-electron chi connectivity index (χ2n) is 4.08. The van der Waals surface area contributed by atoms with Crippen LogP contribution in [0, 0.1) is 12.3 Å². The van der Waals surface area contributed by atoms with Crippen molar-refractivity contribution in [2.75, 3.05) is 25.4 Å². The third-order valence-electron chi connectivity index (χ3n) is 2.64. The van der Waals surface area contributed by atoms with Crippen LogP contribution in [-0.2, 0) is 0 Å². The molecule has 0 unspecified atom stereocenters. The van der Waals surface area contributed by atoms with Gasteiger partial charge in [-0.3, -0.25) is 4.79 Å². The molecule has 0 spiro atoms. The average Bonchev–Trinajstić information content (AvgIpc) is 2.38. The fraction of sp³-hybridized carbons (Fsp3) is 0.400. The number of ether oxygens (including phenoxy) is 1. The number of anilines is 1. The van der Waals surface area contributed by atoms with Crippen LogP contribution in [-0.4, -0.2) is 30.5 Å². The van der Waals surface area contributed by atoms with Crippen LogP contribution in [0.5, 0.6) is 5.75 Å². The molecular weight excluding hydrogens is 240 g/mol. The van der Waals surface area contributed by atoms with E-state index in [1.807, 2.05) is 13.8 Å². The van der Waals surface area contributed by atoms with Crippen molar-refractivity contribution in [2.24, 2.45) is 0 Å². The van der Waals surface area contributed by atoms with Gasteiger partial charge in [-0.15, -0.1) is 6.42 Å². The quantitative estimate of drug-likeness (QED) is 0.630. The van der Waals surface area contributed by atoms with E-state index < -0.39 is 0 Å². The molecule has 1 rings (SSSR count). The molecule has 2 N–H and O–H groups in total. The van der Waals surface area contributed by atoms with Crippen molar-refractivity contribution < 1.29 is 9.53 Å². The number of rotatable bonds is 6. The zero-order chi connectivity index (χ0) is 14.3. The molecule has 19 heavy (non-hydrogen) atoms. The highest BCUT2D eigenvalue weighted by Gasteiger charge is 2.21. The van der Waals surface area contributed by atoms with Crippen LogP contribution in [0.25, 0.3) is 0 Å². The van der Waals surface area contributed by atoms with Gasteiger partial charge in [0, 0.05) is 12.2 Å². The van der Waals surface area contributed by atoms with Gasteiger partial charge in [-0.1, -0.05) is 18.9 Å². The summed E-state index contributed by atoms with van der Waals surface area (Å²) in [5.41, 5.74) is 6.71. The third-order valence-corrected chi connectivity index (χ3v) is 2.64. The summed E-state index contributed by atoms with van der Waals surface area (Å²) in [4.78, 5) is 14.1. The van der Waals surface area contributed by atoms with Gasteiger partial charge in [0.05, 0.1) is 13.2 Å². The summed E-state index contributed by atoms with van der Waals surface area (Å²) in [5, 5.41) is 0. The van der Waals surface area contributed by atoms with Crippen molar-refractivity contribution in [3.8, 4) is 18.1 Å². The van der Waals surface area contributed by atoms with Crippen LogP contribution in [0.2, 0.25) is 0 Å². The van der Waals surface area contributed by atoms with E-state index in [4.69, 9.17) is 16.9 Å². The van der Waals surface area contributed by atoms with Crippen LogP contribution >= 0.6 is 0 Å². The normalized spacial score (nSPS) is 9.74. The Morgan fingerprint density at radius 1 is 1.47 bits per heavy atom. The first-order valence-electron chi connectivity index (χ1n) is 6.39. The molecule has 0 bridgehead atoms. The van der Waals surface area contributed by atoms with E-state index in [-0.39, 0.29) is 12.5 Å². The summed E-state index contributed by atoms with van der Waals surface area (Å²) in [6.45, 7) is 5.21. The molecule has 0 saturated carbocycles. The molecule has 102 valence electrons. The van der Waals surface area contributed by atoms with Crippen LogP contribution in [0.15, 0.2) is 18.2 Å². The monoisotopic (exact) mass is 260 g/mol. The van der Waals surface area contributed by atoms with E-state index in [2.05, 4.69) is 5.92 Å². The van der Waals surface area contributed by atoms with Gasteiger partial charge in [0.2, 0.25) is 0 Å². The molecule has 0 aliphatic carbocycles. The first-order valence-corrected chi connectivity index (χ1v) is 6.39. The largest absolute Gasteiger partial charge is 0.493 e. The Labute approximate surface area is 114 Å². The Balaban J connectivity index is 3.12. The number of carbonyl (C=O) groups excluding carboxylic acids is 1. The van der Waals surface area contributed by atoms with Gasteiger partial charge < -0.3 is 15.4 Å². The first-order chi connectivity index (χ1) is 9.15. The maximum absolute atomic E-state index is 12.5. The molecule has 1 amide bonds. The molecule has 0 saturated heterocycles. The highest BCUT2D eigenvalue weighted by atomic mass is 16.5. The minimum atomic E-state index is -0.179. The minimum Gasteiger partial charge on any atom is -0.493 e. The number of amides is 1. The summed E-state index contributed by atoms with van der Waals surface area (Å²) >= 11 is 0. The lowest BCUT2D eigenvalue weighted by Crippen LogP contribution is -2.33. The topological polar surface area (TPSA) is 55.6 Å². The Morgan fingerprint density at radius 2 is 2.21 bits per heavy atom. The summed E-state index contributed by atoms with van der Waals surface area (Å²) in [6.07, 6.45) is 6.14. The zero-order valence-corrected chi connectivity index (χ0v) is 11.5. The molecule has 4 nitrogen and oxygen atoms in total. The Hall–Kier alpha value is -2.15. The van der Waals surface area contributed by atoms with E-state index in [1.165, 1.54) is 0 Å². The van der Waals surface area contributed by atoms with Gasteiger partial charge in [0.1, 0.15) is 11.3 Å². The molecule has 1 aromatic rings. The van der Waals surface area contributed by atoms with Crippen molar-refractivity contribution >= 4 is 11.6 Å². The number of carbonyl (C=O) groups is 1. The molecule has 0 atom stereocenters. The van der Waals surface area contributed by atoms with Gasteiger partial charge in [-0.2, -0.15) is 0 Å². The molecule has 0 aliphatic heterocycles. The van der Waals surface area contributed by atoms with Crippen molar-refractivity contribution in [3.05, 3.63) is 23.8 Å². The number of hydrogen-bond donors (Lipinski definition) is 1. The van der Waals surface area contributed by atoms with E-state index in [0.717, 1.165) is 6.42 Å². The summed E-state index contributed by atoms with van der Waals surface area (Å²) in [6, 6.07) is 5.20. The van der Waals surface area contributed by atoms with Gasteiger partial charge in [-0.25, -0.2) is 0 Å². The third kappa shape index (κ3) is 3.65.